The van der Waals surface area contributed by atoms with E-state index >= 15 is 0 Å². The molecule has 2 aromatic carbocycles. The Labute approximate surface area is 136 Å². The number of carbonyl (C=O) groups excluding carboxylic acids is 1. The van der Waals surface area contributed by atoms with Gasteiger partial charge in [0.25, 0.3) is 0 Å². The molecule has 1 atom stereocenters. The molecule has 2 aromatic rings. The summed E-state index contributed by atoms with van der Waals surface area (Å²) in [5, 5.41) is 3.33. The maximum atomic E-state index is 12.0. The summed E-state index contributed by atoms with van der Waals surface area (Å²) in [4.78, 5) is 12.0. The number of methoxy groups -OCH3 is 1. The van der Waals surface area contributed by atoms with Crippen molar-refractivity contribution in [3.63, 3.8) is 0 Å². The number of hydrogen-bond donors (Lipinski definition) is 1. The summed E-state index contributed by atoms with van der Waals surface area (Å²) in [5.41, 5.74) is 3.13. The summed E-state index contributed by atoms with van der Waals surface area (Å²) in [6.45, 7) is 3.99. The highest BCUT2D eigenvalue weighted by Gasteiger charge is 2.26. The molecule has 4 nitrogen and oxygen atoms in total. The van der Waals surface area contributed by atoms with Gasteiger partial charge in [0.2, 0.25) is 0 Å². The Hall–Kier alpha value is -2.49. The number of esters is 1. The number of ether oxygens (including phenoxy) is 2. The van der Waals surface area contributed by atoms with E-state index in [2.05, 4.69) is 11.4 Å². The second-order valence-corrected chi connectivity index (χ2v) is 6.06. The quantitative estimate of drug-likeness (QED) is 0.740. The second-order valence-electron chi connectivity index (χ2n) is 6.06. The Balaban J connectivity index is 1.93. The first-order valence-electron chi connectivity index (χ1n) is 7.82. The smallest absolute Gasteiger partial charge is 0.328 e. The zero-order valence-corrected chi connectivity index (χ0v) is 13.6. The number of hydrogen-bond acceptors (Lipinski definition) is 4. The molecule has 0 aromatic heterocycles. The van der Waals surface area contributed by atoms with Crippen LogP contribution in [0.4, 0.5) is 5.69 Å². The number of para-hydroxylation sites is 1. The fourth-order valence-corrected chi connectivity index (χ4v) is 2.83. The van der Waals surface area contributed by atoms with Gasteiger partial charge in [0.05, 0.1) is 7.11 Å². The van der Waals surface area contributed by atoms with Crippen molar-refractivity contribution in [2.45, 2.75) is 26.3 Å². The molecular weight excluding hydrogens is 290 g/mol. The third-order valence-corrected chi connectivity index (χ3v) is 4.13. The van der Waals surface area contributed by atoms with Gasteiger partial charge in [-0.3, -0.25) is 0 Å². The lowest BCUT2D eigenvalue weighted by Crippen LogP contribution is -2.35. The van der Waals surface area contributed by atoms with E-state index in [4.69, 9.17) is 9.47 Å². The Morgan fingerprint density at radius 2 is 1.87 bits per heavy atom. The average molecular weight is 311 g/mol. The molecule has 0 saturated carbocycles. The molecular formula is C19H21NO3. The van der Waals surface area contributed by atoms with E-state index < -0.39 is 0 Å². The van der Waals surface area contributed by atoms with E-state index in [0.717, 1.165) is 34.7 Å². The van der Waals surface area contributed by atoms with Crippen molar-refractivity contribution in [3.8, 4) is 11.5 Å². The molecule has 1 aliphatic heterocycles. The number of rotatable bonds is 4. The van der Waals surface area contributed by atoms with Crippen molar-refractivity contribution < 1.29 is 14.3 Å². The van der Waals surface area contributed by atoms with Crippen molar-refractivity contribution in [2.75, 3.05) is 12.4 Å². The van der Waals surface area contributed by atoms with Crippen LogP contribution in [0.5, 0.6) is 11.5 Å². The third kappa shape index (κ3) is 3.02. The summed E-state index contributed by atoms with van der Waals surface area (Å²) < 4.78 is 10.9. The minimum Gasteiger partial charge on any atom is -0.467 e. The first-order valence-corrected chi connectivity index (χ1v) is 7.82. The summed E-state index contributed by atoms with van der Waals surface area (Å²) >= 11 is 0. The van der Waals surface area contributed by atoms with Crippen LogP contribution < -0.4 is 10.1 Å². The van der Waals surface area contributed by atoms with Crippen molar-refractivity contribution in [3.05, 3.63) is 53.6 Å². The lowest BCUT2D eigenvalue weighted by atomic mass is 9.97. The minimum atomic E-state index is -0.385. The molecule has 0 spiro atoms. The first kappa shape index (κ1) is 15.4. The van der Waals surface area contributed by atoms with E-state index in [-0.39, 0.29) is 17.9 Å². The van der Waals surface area contributed by atoms with Gasteiger partial charge in [-0.1, -0.05) is 38.1 Å². The van der Waals surface area contributed by atoms with E-state index in [1.165, 1.54) is 7.11 Å². The Morgan fingerprint density at radius 1 is 1.13 bits per heavy atom. The summed E-state index contributed by atoms with van der Waals surface area (Å²) in [5.74, 6) is 1.59. The molecule has 0 unspecified atom stereocenters. The van der Waals surface area contributed by atoms with Gasteiger partial charge >= 0.3 is 5.97 Å². The van der Waals surface area contributed by atoms with Gasteiger partial charge in [0, 0.05) is 17.7 Å². The van der Waals surface area contributed by atoms with Gasteiger partial charge in [-0.15, -0.1) is 0 Å². The Kier molecular flexibility index (Phi) is 4.24. The molecule has 23 heavy (non-hydrogen) atoms. The number of nitrogens with one attached hydrogen (secondary N) is 1. The highest BCUT2D eigenvalue weighted by Crippen LogP contribution is 2.40. The van der Waals surface area contributed by atoms with Crippen molar-refractivity contribution in [1.29, 1.82) is 0 Å². The molecule has 0 radical (unpaired) electrons. The lowest BCUT2D eigenvalue weighted by Gasteiger charge is -2.26. The summed E-state index contributed by atoms with van der Waals surface area (Å²) in [7, 11) is 1.42. The topological polar surface area (TPSA) is 47.6 Å². The van der Waals surface area contributed by atoms with Crippen LogP contribution >= 0.6 is 0 Å². The van der Waals surface area contributed by atoms with Crippen LogP contribution in [-0.2, 0) is 16.0 Å². The average Bonchev–Trinajstić information content (AvgIpc) is 2.57. The van der Waals surface area contributed by atoms with Gasteiger partial charge in [-0.05, 0) is 29.7 Å². The standard InChI is InChI=1S/C19H21NO3/c1-12(2)18(19(21)22-3)20-15-8-6-10-17-14(15)11-13-7-4-5-9-16(13)23-17/h4-10,12,18,20H,11H2,1-3H3/t18-/m0/s1. The predicted octanol–water partition coefficient (Wildman–Crippen LogP) is 3.99. The molecule has 0 aliphatic carbocycles. The summed E-state index contributed by atoms with van der Waals surface area (Å²) in [6, 6.07) is 13.5. The maximum absolute atomic E-state index is 12.0. The molecule has 0 bridgehead atoms. The third-order valence-electron chi connectivity index (χ3n) is 4.13. The largest absolute Gasteiger partial charge is 0.467 e. The molecule has 0 saturated heterocycles. The van der Waals surface area contributed by atoms with Crippen molar-refractivity contribution in [1.82, 2.24) is 0 Å². The second kappa shape index (κ2) is 6.32. The highest BCUT2D eigenvalue weighted by molar-refractivity contribution is 5.80. The Bertz CT molecular complexity index is 724. The molecule has 1 heterocycles. The Morgan fingerprint density at radius 3 is 2.61 bits per heavy atom. The molecule has 120 valence electrons. The number of fused-ring (bicyclic) bond motifs is 2. The predicted molar refractivity (Wildman–Crippen MR) is 90.0 cm³/mol. The van der Waals surface area contributed by atoms with Crippen LogP contribution in [0.25, 0.3) is 0 Å². The van der Waals surface area contributed by atoms with Crippen molar-refractivity contribution >= 4 is 11.7 Å². The molecule has 0 fully saturated rings. The van der Waals surface area contributed by atoms with Gasteiger partial charge < -0.3 is 14.8 Å². The van der Waals surface area contributed by atoms with E-state index in [1.54, 1.807) is 0 Å². The molecule has 4 heteroatoms. The molecule has 0 amide bonds. The maximum Gasteiger partial charge on any atom is 0.328 e. The first-order chi connectivity index (χ1) is 11.1. The minimum absolute atomic E-state index is 0.120. The van der Waals surface area contributed by atoms with Crippen LogP contribution in [0, 0.1) is 5.92 Å². The summed E-state index contributed by atoms with van der Waals surface area (Å²) in [6.07, 6.45) is 0.778. The highest BCUT2D eigenvalue weighted by atomic mass is 16.5. The number of anilines is 1. The monoisotopic (exact) mass is 311 g/mol. The van der Waals surface area contributed by atoms with Crippen LogP contribution in [-0.4, -0.2) is 19.1 Å². The van der Waals surface area contributed by atoms with Crippen LogP contribution in [0.15, 0.2) is 42.5 Å². The van der Waals surface area contributed by atoms with E-state index in [0.29, 0.717) is 0 Å². The van der Waals surface area contributed by atoms with Gasteiger partial charge in [-0.2, -0.15) is 0 Å². The van der Waals surface area contributed by atoms with Crippen LogP contribution in [0.1, 0.15) is 25.0 Å². The SMILES string of the molecule is COC(=O)[C@@H](Nc1cccc2c1Cc1ccccc1O2)C(C)C. The van der Waals surface area contributed by atoms with E-state index in [1.807, 2.05) is 50.2 Å². The van der Waals surface area contributed by atoms with Crippen LogP contribution in [0.2, 0.25) is 0 Å². The fourth-order valence-electron chi connectivity index (χ4n) is 2.83. The fraction of sp³-hybridized carbons (Fsp3) is 0.316. The lowest BCUT2D eigenvalue weighted by molar-refractivity contribution is -0.142. The molecule has 1 aliphatic rings. The van der Waals surface area contributed by atoms with E-state index in [9.17, 15) is 4.79 Å². The normalized spacial score (nSPS) is 13.6. The zero-order chi connectivity index (χ0) is 16.4. The number of benzene rings is 2. The van der Waals surface area contributed by atoms with Gasteiger partial charge in [0.1, 0.15) is 17.5 Å². The van der Waals surface area contributed by atoms with Crippen molar-refractivity contribution in [2.24, 2.45) is 5.92 Å². The zero-order valence-electron chi connectivity index (χ0n) is 13.6. The van der Waals surface area contributed by atoms with Crippen LogP contribution in [0.3, 0.4) is 0 Å². The molecule has 3 rings (SSSR count). The molecule has 1 N–H and O–H groups in total. The van der Waals surface area contributed by atoms with Gasteiger partial charge in [-0.25, -0.2) is 4.79 Å². The number of carbonyl (C=O) groups is 1. The van der Waals surface area contributed by atoms with Gasteiger partial charge in [0.15, 0.2) is 0 Å².